The first-order valence-corrected chi connectivity index (χ1v) is 8.69. The molecule has 0 aliphatic heterocycles. The van der Waals surface area contributed by atoms with E-state index >= 15 is 0 Å². The fourth-order valence-electron chi connectivity index (χ4n) is 1.11. The molecule has 0 radical (unpaired) electrons. The molecule has 9 heteroatoms. The zero-order valence-corrected chi connectivity index (χ0v) is 11.3. The lowest BCUT2D eigenvalue weighted by Gasteiger charge is -2.13. The molecule has 0 fully saturated rings. The van der Waals surface area contributed by atoms with Crippen LogP contribution in [0.3, 0.4) is 0 Å². The number of hydrogen-bond acceptors (Lipinski definition) is 5. The molecule has 0 saturated carbocycles. The molecule has 1 unspecified atom stereocenters. The van der Waals surface area contributed by atoms with E-state index in [1.54, 1.807) is 6.92 Å². The summed E-state index contributed by atoms with van der Waals surface area (Å²) in [5, 5.41) is 8.78. The van der Waals surface area contributed by atoms with Gasteiger partial charge in [-0.15, -0.1) is 0 Å². The van der Waals surface area contributed by atoms with E-state index < -0.39 is 31.9 Å². The van der Waals surface area contributed by atoms with Crippen LogP contribution in [0.25, 0.3) is 0 Å². The largest absolute Gasteiger partial charge is 0.480 e. The monoisotopic (exact) mass is 287 g/mol. The van der Waals surface area contributed by atoms with Crippen molar-refractivity contribution in [3.05, 3.63) is 0 Å². The molecule has 0 amide bonds. The molecule has 0 rings (SSSR count). The van der Waals surface area contributed by atoms with E-state index in [1.165, 1.54) is 0 Å². The molecule has 0 heterocycles. The number of sulfonamides is 1. The van der Waals surface area contributed by atoms with Crippen molar-refractivity contribution >= 4 is 25.8 Å². The second kappa shape index (κ2) is 6.31. The molecule has 0 aromatic heterocycles. The summed E-state index contributed by atoms with van der Waals surface area (Å²) in [6, 6.07) is -1.40. The zero-order valence-electron chi connectivity index (χ0n) is 9.71. The average Bonchev–Trinajstić information content (AvgIpc) is 2.10. The summed E-state index contributed by atoms with van der Waals surface area (Å²) >= 11 is 0. The van der Waals surface area contributed by atoms with Crippen LogP contribution in [-0.2, 0) is 24.7 Å². The predicted octanol–water partition coefficient (Wildman–Crippen LogP) is -0.796. The second-order valence-electron chi connectivity index (χ2n) is 3.75. The predicted molar refractivity (Wildman–Crippen MR) is 63.0 cm³/mol. The van der Waals surface area contributed by atoms with E-state index in [-0.39, 0.29) is 17.9 Å². The van der Waals surface area contributed by atoms with E-state index in [1.807, 2.05) is 4.72 Å². The van der Waals surface area contributed by atoms with Gasteiger partial charge in [0.25, 0.3) is 0 Å². The third-order valence-corrected chi connectivity index (χ3v) is 4.44. The Hall–Kier alpha value is -0.670. The van der Waals surface area contributed by atoms with Gasteiger partial charge in [0.15, 0.2) is 0 Å². The van der Waals surface area contributed by atoms with Gasteiger partial charge in [-0.2, -0.15) is 0 Å². The maximum Gasteiger partial charge on any atom is 0.321 e. The lowest BCUT2D eigenvalue weighted by atomic mass is 10.2. The minimum atomic E-state index is -3.67. The Morgan fingerprint density at radius 1 is 1.24 bits per heavy atom. The van der Waals surface area contributed by atoms with Gasteiger partial charge in [-0.1, -0.05) is 6.92 Å². The Balaban J connectivity index is 4.62. The number of carboxylic acid groups (broad SMARTS) is 1. The molecular formula is C8H17NO6S2. The molecule has 7 nitrogen and oxygen atoms in total. The Morgan fingerprint density at radius 2 is 1.76 bits per heavy atom. The molecule has 2 N–H and O–H groups in total. The van der Waals surface area contributed by atoms with Crippen molar-refractivity contribution in [3.8, 4) is 0 Å². The quantitative estimate of drug-likeness (QED) is 0.603. The first kappa shape index (κ1) is 16.3. The molecule has 0 aromatic carbocycles. The van der Waals surface area contributed by atoms with Crippen LogP contribution in [-0.4, -0.2) is 51.7 Å². The third-order valence-electron chi connectivity index (χ3n) is 1.87. The van der Waals surface area contributed by atoms with Crippen molar-refractivity contribution < 1.29 is 26.7 Å². The summed E-state index contributed by atoms with van der Waals surface area (Å²) in [6.07, 6.45) is 1.04. The Bertz CT molecular complexity index is 452. The molecule has 1 atom stereocenters. The van der Waals surface area contributed by atoms with Gasteiger partial charge in [0.2, 0.25) is 10.0 Å². The van der Waals surface area contributed by atoms with Gasteiger partial charge in [0.05, 0.1) is 11.5 Å². The lowest BCUT2D eigenvalue weighted by molar-refractivity contribution is -0.139. The molecular weight excluding hydrogens is 270 g/mol. The van der Waals surface area contributed by atoms with Crippen LogP contribution in [0.4, 0.5) is 0 Å². The van der Waals surface area contributed by atoms with Gasteiger partial charge in [-0.3, -0.25) is 4.79 Å². The van der Waals surface area contributed by atoms with E-state index in [2.05, 4.69) is 0 Å². The molecule has 17 heavy (non-hydrogen) atoms. The SMILES string of the molecule is CCCS(=O)(=O)NC(CCS(C)(=O)=O)C(=O)O. The standard InChI is InChI=1S/C8H17NO6S2/c1-3-5-17(14,15)9-7(8(10)11)4-6-16(2,12)13/h7,9H,3-6H2,1-2H3,(H,10,11). The Morgan fingerprint density at radius 3 is 2.12 bits per heavy atom. The van der Waals surface area contributed by atoms with Crippen LogP contribution in [0.5, 0.6) is 0 Å². The van der Waals surface area contributed by atoms with Crippen molar-refractivity contribution in [2.45, 2.75) is 25.8 Å². The van der Waals surface area contributed by atoms with Gasteiger partial charge in [-0.25, -0.2) is 21.6 Å². The van der Waals surface area contributed by atoms with Gasteiger partial charge in [-0.05, 0) is 12.8 Å². The maximum absolute atomic E-state index is 11.3. The summed E-state index contributed by atoms with van der Waals surface area (Å²) in [4.78, 5) is 10.8. The van der Waals surface area contributed by atoms with Gasteiger partial charge in [0.1, 0.15) is 15.9 Å². The summed E-state index contributed by atoms with van der Waals surface area (Å²) in [7, 11) is -6.99. The van der Waals surface area contributed by atoms with E-state index in [9.17, 15) is 21.6 Å². The van der Waals surface area contributed by atoms with Crippen molar-refractivity contribution in [1.82, 2.24) is 4.72 Å². The number of aliphatic carboxylic acids is 1. The van der Waals surface area contributed by atoms with Crippen LogP contribution in [0.1, 0.15) is 19.8 Å². The lowest BCUT2D eigenvalue weighted by Crippen LogP contribution is -2.42. The smallest absolute Gasteiger partial charge is 0.321 e. The average molecular weight is 287 g/mol. The normalized spacial score (nSPS) is 14.5. The minimum absolute atomic E-state index is 0.185. The number of carboxylic acids is 1. The van der Waals surface area contributed by atoms with E-state index in [0.29, 0.717) is 6.42 Å². The first-order valence-electron chi connectivity index (χ1n) is 4.98. The summed E-state index contributed by atoms with van der Waals surface area (Å²) in [6.45, 7) is 1.64. The fraction of sp³-hybridized carbons (Fsp3) is 0.875. The molecule has 0 bridgehead atoms. The number of carbonyl (C=O) groups is 1. The molecule has 102 valence electrons. The highest BCUT2D eigenvalue weighted by Crippen LogP contribution is 2.00. The van der Waals surface area contributed by atoms with Crippen LogP contribution < -0.4 is 4.72 Å². The van der Waals surface area contributed by atoms with E-state index in [0.717, 1.165) is 6.26 Å². The molecule has 0 saturated heterocycles. The van der Waals surface area contributed by atoms with Crippen molar-refractivity contribution in [2.75, 3.05) is 17.8 Å². The number of sulfone groups is 1. The Labute approximate surface area is 101 Å². The number of nitrogens with one attached hydrogen (secondary N) is 1. The summed E-state index contributed by atoms with van der Waals surface area (Å²) in [5.41, 5.74) is 0. The van der Waals surface area contributed by atoms with Gasteiger partial charge < -0.3 is 5.11 Å². The molecule has 0 aliphatic rings. The molecule has 0 spiro atoms. The minimum Gasteiger partial charge on any atom is -0.480 e. The second-order valence-corrected chi connectivity index (χ2v) is 7.88. The maximum atomic E-state index is 11.3. The Kier molecular flexibility index (Phi) is 6.06. The van der Waals surface area contributed by atoms with Gasteiger partial charge >= 0.3 is 5.97 Å². The topological polar surface area (TPSA) is 118 Å². The number of rotatable bonds is 8. The van der Waals surface area contributed by atoms with Crippen molar-refractivity contribution in [3.63, 3.8) is 0 Å². The molecule has 0 aromatic rings. The van der Waals surface area contributed by atoms with Crippen LogP contribution in [0, 0.1) is 0 Å². The highest BCUT2D eigenvalue weighted by Gasteiger charge is 2.24. The first-order chi connectivity index (χ1) is 7.57. The number of hydrogen-bond donors (Lipinski definition) is 2. The van der Waals surface area contributed by atoms with E-state index in [4.69, 9.17) is 5.11 Å². The summed E-state index contributed by atoms with van der Waals surface area (Å²) < 4.78 is 46.4. The van der Waals surface area contributed by atoms with Crippen molar-refractivity contribution in [2.24, 2.45) is 0 Å². The highest BCUT2D eigenvalue weighted by molar-refractivity contribution is 7.90. The fourth-order valence-corrected chi connectivity index (χ4v) is 3.08. The van der Waals surface area contributed by atoms with Crippen LogP contribution >= 0.6 is 0 Å². The highest BCUT2D eigenvalue weighted by atomic mass is 32.2. The third kappa shape index (κ3) is 8.11. The van der Waals surface area contributed by atoms with Crippen LogP contribution in [0.2, 0.25) is 0 Å². The van der Waals surface area contributed by atoms with Crippen LogP contribution in [0.15, 0.2) is 0 Å². The molecule has 0 aliphatic carbocycles. The summed E-state index contributed by atoms with van der Waals surface area (Å²) in [5.74, 6) is -1.94. The zero-order chi connectivity index (χ0) is 13.7. The van der Waals surface area contributed by atoms with Crippen molar-refractivity contribution in [1.29, 1.82) is 0 Å². The van der Waals surface area contributed by atoms with Gasteiger partial charge in [0, 0.05) is 6.26 Å².